The third-order valence-electron chi connectivity index (χ3n) is 1.41. The second-order valence-electron chi connectivity index (χ2n) is 2.50. The maximum absolute atomic E-state index is 11.1. The summed E-state index contributed by atoms with van der Waals surface area (Å²) in [6.45, 7) is 1.79. The molecule has 0 heterocycles. The predicted molar refractivity (Wildman–Crippen MR) is 54.9 cm³/mol. The number of anilines is 1. The molecule has 1 aromatic carbocycles. The van der Waals surface area contributed by atoms with Gasteiger partial charge in [-0.3, -0.25) is 4.79 Å². The van der Waals surface area contributed by atoms with Crippen LogP contribution < -0.4 is 5.32 Å². The molecular weight excluding hydrogens is 185 g/mol. The maximum Gasteiger partial charge on any atom is 0.248 e. The third kappa shape index (κ3) is 3.30. The molecule has 0 unspecified atom stereocenters. The summed E-state index contributed by atoms with van der Waals surface area (Å²) in [6.07, 6.45) is 3.14. The van der Waals surface area contributed by atoms with Crippen LogP contribution in [-0.2, 0) is 4.79 Å². The van der Waals surface area contributed by atoms with Gasteiger partial charge in [-0.25, -0.2) is 0 Å². The first-order valence-electron chi connectivity index (χ1n) is 3.91. The van der Waals surface area contributed by atoms with Crippen LogP contribution in [0, 0.1) is 0 Å². The lowest BCUT2D eigenvalue weighted by Gasteiger charge is -2.01. The zero-order valence-electron chi connectivity index (χ0n) is 7.25. The lowest BCUT2D eigenvalue weighted by molar-refractivity contribution is -0.111. The van der Waals surface area contributed by atoms with Gasteiger partial charge in [0.25, 0.3) is 0 Å². The number of rotatable bonds is 2. The first-order valence-corrected chi connectivity index (χ1v) is 4.29. The molecule has 0 aromatic heterocycles. The van der Waals surface area contributed by atoms with Crippen LogP contribution in [0.3, 0.4) is 0 Å². The molecule has 13 heavy (non-hydrogen) atoms. The smallest absolute Gasteiger partial charge is 0.248 e. The minimum Gasteiger partial charge on any atom is -0.322 e. The summed E-state index contributed by atoms with van der Waals surface area (Å²) in [5.41, 5.74) is 0.704. The average molecular weight is 195 g/mol. The Labute approximate surface area is 82.2 Å². The van der Waals surface area contributed by atoms with E-state index in [2.05, 4.69) is 5.32 Å². The number of carbonyl (C=O) groups excluding carboxylic acids is 1. The Hall–Kier alpha value is -1.28. The minimum atomic E-state index is -0.148. The molecule has 2 nitrogen and oxygen atoms in total. The first kappa shape index (κ1) is 9.81. The number of allylic oxidation sites excluding steroid dienone is 1. The van der Waals surface area contributed by atoms with Crippen LogP contribution in [0.1, 0.15) is 6.92 Å². The van der Waals surface area contributed by atoms with Gasteiger partial charge in [-0.15, -0.1) is 0 Å². The molecule has 1 amide bonds. The van der Waals surface area contributed by atoms with Crippen molar-refractivity contribution >= 4 is 23.2 Å². The van der Waals surface area contributed by atoms with Crippen molar-refractivity contribution in [2.24, 2.45) is 0 Å². The van der Waals surface area contributed by atoms with Crippen molar-refractivity contribution in [1.82, 2.24) is 0 Å². The number of benzene rings is 1. The van der Waals surface area contributed by atoms with E-state index in [4.69, 9.17) is 11.6 Å². The van der Waals surface area contributed by atoms with Crippen LogP contribution in [0.5, 0.6) is 0 Å². The number of nitrogens with one attached hydrogen (secondary N) is 1. The summed E-state index contributed by atoms with van der Waals surface area (Å²) in [5, 5.41) is 3.28. The van der Waals surface area contributed by atoms with Crippen molar-refractivity contribution in [1.29, 1.82) is 0 Å². The summed E-state index contributed by atoms with van der Waals surface area (Å²) in [5.74, 6) is -0.148. The summed E-state index contributed by atoms with van der Waals surface area (Å²) < 4.78 is 0. The highest BCUT2D eigenvalue weighted by molar-refractivity contribution is 6.30. The fourth-order valence-electron chi connectivity index (χ4n) is 0.902. The highest BCUT2D eigenvalue weighted by atomic mass is 35.5. The van der Waals surface area contributed by atoms with Crippen LogP contribution in [0.25, 0.3) is 0 Å². The van der Waals surface area contributed by atoms with E-state index in [9.17, 15) is 4.79 Å². The van der Waals surface area contributed by atoms with Crippen molar-refractivity contribution < 1.29 is 4.79 Å². The van der Waals surface area contributed by atoms with Gasteiger partial charge in [0.1, 0.15) is 0 Å². The Morgan fingerprint density at radius 3 is 2.92 bits per heavy atom. The number of halogens is 1. The SMILES string of the molecule is C/C=C\[11C](=O)Nc1cccc(Cl)c1. The lowest BCUT2D eigenvalue weighted by atomic mass is 10.0. The molecule has 0 fully saturated rings. The maximum atomic E-state index is 11.1. The highest BCUT2D eigenvalue weighted by Gasteiger charge is 1.96. The van der Waals surface area contributed by atoms with Crippen LogP contribution >= 0.6 is 11.6 Å². The van der Waals surface area contributed by atoms with Crippen molar-refractivity contribution in [2.45, 2.75) is 6.92 Å². The van der Waals surface area contributed by atoms with Crippen molar-refractivity contribution in [3.8, 4) is 0 Å². The van der Waals surface area contributed by atoms with Gasteiger partial charge in [-0.1, -0.05) is 23.7 Å². The number of hydrogen-bond acceptors (Lipinski definition) is 1. The van der Waals surface area contributed by atoms with Gasteiger partial charge >= 0.3 is 0 Å². The molecule has 0 aliphatic rings. The molecule has 3 heteroatoms. The fraction of sp³-hybridized carbons (Fsp3) is 0.100. The highest BCUT2D eigenvalue weighted by Crippen LogP contribution is 2.14. The summed E-state index contributed by atoms with van der Waals surface area (Å²) in [4.78, 5) is 11.1. The van der Waals surface area contributed by atoms with Gasteiger partial charge in [0, 0.05) is 10.7 Å². The van der Waals surface area contributed by atoms with E-state index in [-0.39, 0.29) is 5.91 Å². The van der Waals surface area contributed by atoms with Crippen LogP contribution in [0.15, 0.2) is 36.4 Å². The fourth-order valence-corrected chi connectivity index (χ4v) is 1.09. The molecule has 0 aliphatic heterocycles. The monoisotopic (exact) mass is 194 g/mol. The van der Waals surface area contributed by atoms with E-state index in [1.54, 1.807) is 37.3 Å². The largest absolute Gasteiger partial charge is 0.322 e. The molecule has 68 valence electrons. The molecule has 0 atom stereocenters. The van der Waals surface area contributed by atoms with Crippen molar-refractivity contribution in [3.05, 3.63) is 41.4 Å². The summed E-state index contributed by atoms with van der Waals surface area (Å²) >= 11 is 5.74. The molecule has 1 aromatic rings. The Morgan fingerprint density at radius 1 is 1.54 bits per heavy atom. The van der Waals surface area contributed by atoms with Crippen LogP contribution in [-0.4, -0.2) is 5.91 Å². The molecular formula is C10H10ClNO. The van der Waals surface area contributed by atoms with E-state index in [1.807, 2.05) is 0 Å². The average Bonchev–Trinajstić information content (AvgIpc) is 2.04. The van der Waals surface area contributed by atoms with Gasteiger partial charge in [-0.2, -0.15) is 0 Å². The lowest BCUT2D eigenvalue weighted by Crippen LogP contribution is -2.07. The van der Waals surface area contributed by atoms with Gasteiger partial charge in [-0.05, 0) is 31.2 Å². The molecule has 0 bridgehead atoms. The quantitative estimate of drug-likeness (QED) is 0.721. The van der Waals surface area contributed by atoms with Gasteiger partial charge in [0.05, 0.1) is 0 Å². The Morgan fingerprint density at radius 2 is 2.31 bits per heavy atom. The molecule has 1 rings (SSSR count). The van der Waals surface area contributed by atoms with Gasteiger partial charge in [0.2, 0.25) is 5.91 Å². The van der Waals surface area contributed by atoms with Gasteiger partial charge < -0.3 is 5.32 Å². The minimum absolute atomic E-state index is 0.148. The normalized spacial score (nSPS) is 10.3. The van der Waals surface area contributed by atoms with Gasteiger partial charge in [0.15, 0.2) is 0 Å². The van der Waals surface area contributed by atoms with Crippen molar-refractivity contribution in [2.75, 3.05) is 5.32 Å². The van der Waals surface area contributed by atoms with Crippen molar-refractivity contribution in [3.63, 3.8) is 0 Å². The second-order valence-corrected chi connectivity index (χ2v) is 2.94. The molecule has 0 saturated heterocycles. The Balaban J connectivity index is 2.69. The zero-order chi connectivity index (χ0) is 9.68. The first-order chi connectivity index (χ1) is 6.22. The molecule has 0 aliphatic carbocycles. The molecule has 0 spiro atoms. The van der Waals surface area contributed by atoms with E-state index in [1.165, 1.54) is 6.08 Å². The molecule has 0 radical (unpaired) electrons. The van der Waals surface area contributed by atoms with E-state index in [0.29, 0.717) is 10.7 Å². The topological polar surface area (TPSA) is 29.1 Å². The third-order valence-corrected chi connectivity index (χ3v) is 1.65. The Kier molecular flexibility index (Phi) is 3.53. The summed E-state index contributed by atoms with van der Waals surface area (Å²) in [7, 11) is 0. The summed E-state index contributed by atoms with van der Waals surface area (Å²) in [6, 6.07) is 7.02. The van der Waals surface area contributed by atoms with E-state index in [0.717, 1.165) is 0 Å². The number of carbonyl (C=O) groups is 1. The number of hydrogen-bond donors (Lipinski definition) is 1. The standard InChI is InChI=1S/C10H10ClNO/c1-2-4-10(13)12-9-6-3-5-8(11)7-9/h2-7H,1H3,(H,12,13)/b4-2-/i10-1. The predicted octanol–water partition coefficient (Wildman–Crippen LogP) is 2.85. The van der Waals surface area contributed by atoms with E-state index < -0.39 is 0 Å². The zero-order valence-corrected chi connectivity index (χ0v) is 8.01. The number of amides is 1. The molecule has 0 saturated carbocycles. The van der Waals surface area contributed by atoms with Crippen LogP contribution in [0.2, 0.25) is 5.02 Å². The van der Waals surface area contributed by atoms with Crippen LogP contribution in [0.4, 0.5) is 5.69 Å². The second kappa shape index (κ2) is 4.67. The van der Waals surface area contributed by atoms with E-state index >= 15 is 0 Å². The molecule has 1 N–H and O–H groups in total. The Bertz CT molecular complexity index is 333.